The van der Waals surface area contributed by atoms with E-state index in [4.69, 9.17) is 4.74 Å². The Labute approximate surface area is 118 Å². The van der Waals surface area contributed by atoms with Crippen LogP contribution >= 0.6 is 0 Å². The van der Waals surface area contributed by atoms with Crippen LogP contribution in [0.3, 0.4) is 0 Å². The van der Waals surface area contributed by atoms with Gasteiger partial charge >= 0.3 is 5.97 Å². The van der Waals surface area contributed by atoms with Gasteiger partial charge in [-0.2, -0.15) is 0 Å². The lowest BCUT2D eigenvalue weighted by Crippen LogP contribution is -2.26. The van der Waals surface area contributed by atoms with Crippen LogP contribution in [-0.4, -0.2) is 24.9 Å². The zero-order valence-corrected chi connectivity index (χ0v) is 11.4. The number of esters is 1. The van der Waals surface area contributed by atoms with E-state index in [-0.39, 0.29) is 5.78 Å². The topological polar surface area (TPSA) is 55.4 Å². The number of hydrogen-bond donors (Lipinski definition) is 1. The zero-order valence-electron chi connectivity index (χ0n) is 11.4. The van der Waals surface area contributed by atoms with E-state index in [0.717, 1.165) is 11.3 Å². The number of hydrogen-bond acceptors (Lipinski definition) is 4. The molecule has 4 nitrogen and oxygen atoms in total. The first kappa shape index (κ1) is 14.1. The molecular weight excluding hydrogens is 254 g/mol. The van der Waals surface area contributed by atoms with Crippen LogP contribution in [0.4, 0.5) is 0 Å². The Bertz CT molecular complexity index is 558. The van der Waals surface area contributed by atoms with Crippen molar-refractivity contribution in [3.05, 3.63) is 53.6 Å². The third-order valence-corrected chi connectivity index (χ3v) is 2.96. The molecule has 0 radical (unpaired) electrons. The Balaban J connectivity index is 2.34. The van der Waals surface area contributed by atoms with Crippen LogP contribution in [0.15, 0.2) is 48.1 Å². The van der Waals surface area contributed by atoms with E-state index in [9.17, 15) is 9.59 Å². The highest BCUT2D eigenvalue weighted by Gasteiger charge is 2.19. The molecule has 1 N–H and O–H groups in total. The fourth-order valence-electron chi connectivity index (χ4n) is 2.05. The summed E-state index contributed by atoms with van der Waals surface area (Å²) in [7, 11) is 0. The number of Topliss-reactive ketones (excluding diaryl/α,β-unsaturated/α-hetero) is 1. The molecule has 1 aliphatic heterocycles. The van der Waals surface area contributed by atoms with Crippen LogP contribution in [0, 0.1) is 0 Å². The standard InChI is InChI=1S/C16H17NO3/c1-2-20-15(19)9-8-13-14(18)10-11-17-16(13)12-6-4-3-5-7-12/h3-9,17H,2,10-11H2,1H3/b9-8+. The van der Waals surface area contributed by atoms with E-state index >= 15 is 0 Å². The Kier molecular flexibility index (Phi) is 4.71. The van der Waals surface area contributed by atoms with Gasteiger partial charge < -0.3 is 10.1 Å². The second kappa shape index (κ2) is 6.70. The van der Waals surface area contributed by atoms with Gasteiger partial charge in [0.25, 0.3) is 0 Å². The molecule has 104 valence electrons. The number of nitrogens with one attached hydrogen (secondary N) is 1. The fraction of sp³-hybridized carbons (Fsp3) is 0.250. The average Bonchev–Trinajstić information content (AvgIpc) is 2.47. The second-order valence-electron chi connectivity index (χ2n) is 4.34. The fourth-order valence-corrected chi connectivity index (χ4v) is 2.05. The smallest absolute Gasteiger partial charge is 0.330 e. The molecule has 2 rings (SSSR count). The average molecular weight is 271 g/mol. The first-order chi connectivity index (χ1) is 9.72. The van der Waals surface area contributed by atoms with Crippen molar-refractivity contribution in [3.63, 3.8) is 0 Å². The van der Waals surface area contributed by atoms with E-state index in [2.05, 4.69) is 5.32 Å². The minimum atomic E-state index is -0.439. The molecule has 1 aromatic rings. The molecule has 0 fully saturated rings. The van der Waals surface area contributed by atoms with Crippen LogP contribution in [0.5, 0.6) is 0 Å². The predicted octanol–water partition coefficient (Wildman–Crippen LogP) is 2.08. The molecule has 0 saturated heterocycles. The molecule has 1 heterocycles. The van der Waals surface area contributed by atoms with Crippen LogP contribution in [-0.2, 0) is 14.3 Å². The molecule has 4 heteroatoms. The monoisotopic (exact) mass is 271 g/mol. The highest BCUT2D eigenvalue weighted by Crippen LogP contribution is 2.21. The van der Waals surface area contributed by atoms with E-state index in [1.54, 1.807) is 6.92 Å². The number of carbonyl (C=O) groups excluding carboxylic acids is 2. The van der Waals surface area contributed by atoms with E-state index in [1.165, 1.54) is 12.2 Å². The van der Waals surface area contributed by atoms with E-state index in [1.807, 2.05) is 30.3 Å². The highest BCUT2D eigenvalue weighted by atomic mass is 16.5. The second-order valence-corrected chi connectivity index (χ2v) is 4.34. The summed E-state index contributed by atoms with van der Waals surface area (Å²) in [6.07, 6.45) is 3.26. The molecule has 1 aromatic carbocycles. The number of allylic oxidation sites excluding steroid dienone is 2. The summed E-state index contributed by atoms with van der Waals surface area (Å²) < 4.78 is 4.83. The Hall–Kier alpha value is -2.36. The maximum atomic E-state index is 12.0. The van der Waals surface area contributed by atoms with Crippen molar-refractivity contribution >= 4 is 17.4 Å². The maximum absolute atomic E-state index is 12.0. The lowest BCUT2D eigenvalue weighted by Gasteiger charge is -2.19. The molecule has 0 amide bonds. The number of carbonyl (C=O) groups is 2. The predicted molar refractivity (Wildman–Crippen MR) is 76.8 cm³/mol. The molecule has 0 bridgehead atoms. The largest absolute Gasteiger partial charge is 0.463 e. The van der Waals surface area contributed by atoms with Gasteiger partial charge in [-0.1, -0.05) is 30.3 Å². The summed E-state index contributed by atoms with van der Waals surface area (Å²) in [6.45, 7) is 2.67. The zero-order chi connectivity index (χ0) is 14.4. The Morgan fingerprint density at radius 1 is 1.35 bits per heavy atom. The summed E-state index contributed by atoms with van der Waals surface area (Å²) in [5.41, 5.74) is 2.22. The van der Waals surface area contributed by atoms with Crippen molar-refractivity contribution < 1.29 is 14.3 Å². The SMILES string of the molecule is CCOC(=O)/C=C/C1=C(c2ccccc2)NCCC1=O. The van der Waals surface area contributed by atoms with Crippen molar-refractivity contribution in [1.82, 2.24) is 5.32 Å². The Morgan fingerprint density at radius 2 is 2.10 bits per heavy atom. The molecule has 0 spiro atoms. The maximum Gasteiger partial charge on any atom is 0.330 e. The summed E-state index contributed by atoms with van der Waals surface area (Å²) >= 11 is 0. The van der Waals surface area contributed by atoms with Gasteiger partial charge in [-0.05, 0) is 18.6 Å². The lowest BCUT2D eigenvalue weighted by molar-refractivity contribution is -0.137. The molecule has 0 aliphatic carbocycles. The van der Waals surface area contributed by atoms with Gasteiger partial charge in [0.1, 0.15) is 0 Å². The molecule has 0 unspecified atom stereocenters. The number of ketones is 1. The lowest BCUT2D eigenvalue weighted by atomic mass is 9.97. The minimum Gasteiger partial charge on any atom is -0.463 e. The molecule has 20 heavy (non-hydrogen) atoms. The van der Waals surface area contributed by atoms with E-state index < -0.39 is 5.97 Å². The summed E-state index contributed by atoms with van der Waals surface area (Å²) in [6, 6.07) is 9.60. The molecule has 0 saturated carbocycles. The molecular formula is C16H17NO3. The van der Waals surface area contributed by atoms with Crippen LogP contribution in [0.2, 0.25) is 0 Å². The number of rotatable bonds is 4. The van der Waals surface area contributed by atoms with Crippen molar-refractivity contribution in [3.8, 4) is 0 Å². The summed E-state index contributed by atoms with van der Waals surface area (Å²) in [5.74, 6) is -0.408. The molecule has 0 atom stereocenters. The van der Waals surface area contributed by atoms with Gasteiger partial charge in [0, 0.05) is 24.6 Å². The third kappa shape index (κ3) is 3.35. The molecule has 1 aliphatic rings. The third-order valence-electron chi connectivity index (χ3n) is 2.96. The van der Waals surface area contributed by atoms with Gasteiger partial charge in [0.15, 0.2) is 5.78 Å². The van der Waals surface area contributed by atoms with Crippen molar-refractivity contribution in [2.45, 2.75) is 13.3 Å². The summed E-state index contributed by atoms with van der Waals surface area (Å²) in [4.78, 5) is 23.4. The van der Waals surface area contributed by atoms with Crippen LogP contribution in [0.25, 0.3) is 5.70 Å². The van der Waals surface area contributed by atoms with E-state index in [0.29, 0.717) is 25.1 Å². The normalized spacial score (nSPS) is 15.3. The van der Waals surface area contributed by atoms with Crippen molar-refractivity contribution in [1.29, 1.82) is 0 Å². The highest BCUT2D eigenvalue weighted by molar-refractivity contribution is 6.07. The van der Waals surface area contributed by atoms with Crippen molar-refractivity contribution in [2.75, 3.05) is 13.2 Å². The van der Waals surface area contributed by atoms with Gasteiger partial charge in [0.2, 0.25) is 0 Å². The molecule has 0 aromatic heterocycles. The number of ether oxygens (including phenoxy) is 1. The first-order valence-corrected chi connectivity index (χ1v) is 6.64. The van der Waals surface area contributed by atoms with Crippen LogP contribution < -0.4 is 5.32 Å². The van der Waals surface area contributed by atoms with Gasteiger partial charge in [-0.15, -0.1) is 0 Å². The van der Waals surface area contributed by atoms with Crippen molar-refractivity contribution in [2.24, 2.45) is 0 Å². The van der Waals surface area contributed by atoms with Gasteiger partial charge in [-0.3, -0.25) is 4.79 Å². The number of benzene rings is 1. The van der Waals surface area contributed by atoms with Gasteiger partial charge in [0.05, 0.1) is 12.3 Å². The Morgan fingerprint density at radius 3 is 2.80 bits per heavy atom. The summed E-state index contributed by atoms with van der Waals surface area (Å²) in [5, 5.41) is 3.23. The van der Waals surface area contributed by atoms with Crippen LogP contribution in [0.1, 0.15) is 18.9 Å². The minimum absolute atomic E-state index is 0.0307. The van der Waals surface area contributed by atoms with Gasteiger partial charge in [-0.25, -0.2) is 4.79 Å². The quantitative estimate of drug-likeness (QED) is 0.673. The first-order valence-electron chi connectivity index (χ1n) is 6.64.